The highest BCUT2D eigenvalue weighted by molar-refractivity contribution is 5.82. The average Bonchev–Trinajstić information content (AvgIpc) is 3.39. The Hall–Kier alpha value is -4.79. The highest BCUT2D eigenvalue weighted by Crippen LogP contribution is 2.30. The molecule has 1 aromatic carbocycles. The number of aryl methyl sites for hydroxylation is 1. The lowest BCUT2D eigenvalue weighted by Gasteiger charge is -2.39. The summed E-state index contributed by atoms with van der Waals surface area (Å²) in [4.78, 5) is 33.5. The third-order valence-electron chi connectivity index (χ3n) is 8.66. The first-order valence-electron chi connectivity index (χ1n) is 15.1. The maximum absolute atomic E-state index is 15.3. The van der Waals surface area contributed by atoms with Crippen molar-refractivity contribution in [1.29, 1.82) is 0 Å². The highest BCUT2D eigenvalue weighted by atomic mass is 19.1. The second-order valence-corrected chi connectivity index (χ2v) is 12.8. The second kappa shape index (κ2) is 11.2. The van der Waals surface area contributed by atoms with Crippen LogP contribution >= 0.6 is 0 Å². The molecule has 13 nitrogen and oxygen atoms in total. The monoisotopic (exact) mass is 627 g/mol. The van der Waals surface area contributed by atoms with Crippen molar-refractivity contribution >= 4 is 22.3 Å². The van der Waals surface area contributed by atoms with Gasteiger partial charge in [-0.15, -0.1) is 0 Å². The lowest BCUT2D eigenvalue weighted by molar-refractivity contribution is -0.0735. The number of fused-ring (bicyclic) bond motifs is 2. The Morgan fingerprint density at radius 3 is 2.61 bits per heavy atom. The van der Waals surface area contributed by atoms with Gasteiger partial charge in [0.1, 0.15) is 11.5 Å². The van der Waals surface area contributed by atoms with E-state index in [-0.39, 0.29) is 33.4 Å². The SMILES string of the molecule is Cn1nc(-c2ccnc(-n3ncc4cc(C(C)(C)C)cc(F)c4c3=O)c2CO)cc(Nc2cc3n(n2)CCN(C2COC2)C3)c1=O. The van der Waals surface area contributed by atoms with Crippen molar-refractivity contribution in [3.8, 4) is 17.1 Å². The van der Waals surface area contributed by atoms with Crippen LogP contribution in [0.25, 0.3) is 27.8 Å². The minimum absolute atomic E-state index is 0.0274. The molecular weight excluding hydrogens is 593 g/mol. The minimum atomic E-state index is -0.710. The minimum Gasteiger partial charge on any atom is -0.392 e. The van der Waals surface area contributed by atoms with E-state index < -0.39 is 18.0 Å². The number of aromatic nitrogens is 7. The summed E-state index contributed by atoms with van der Waals surface area (Å²) in [5.41, 5.74) is 1.58. The van der Waals surface area contributed by atoms with Crippen molar-refractivity contribution in [2.75, 3.05) is 25.1 Å². The van der Waals surface area contributed by atoms with Crippen molar-refractivity contribution in [3.63, 3.8) is 0 Å². The molecule has 2 N–H and O–H groups in total. The quantitative estimate of drug-likeness (QED) is 0.288. The molecule has 0 spiro atoms. The largest absolute Gasteiger partial charge is 0.392 e. The molecule has 0 amide bonds. The van der Waals surface area contributed by atoms with Gasteiger partial charge in [0.25, 0.3) is 11.1 Å². The molecule has 0 radical (unpaired) electrons. The Morgan fingerprint density at radius 2 is 1.89 bits per heavy atom. The number of aliphatic hydroxyl groups is 1. The predicted molar refractivity (Wildman–Crippen MR) is 169 cm³/mol. The number of ether oxygens (including phenoxy) is 1. The summed E-state index contributed by atoms with van der Waals surface area (Å²) in [5, 5.41) is 27.3. The van der Waals surface area contributed by atoms with E-state index in [1.54, 1.807) is 18.2 Å². The van der Waals surface area contributed by atoms with Gasteiger partial charge < -0.3 is 15.2 Å². The Balaban J connectivity index is 1.25. The lowest BCUT2D eigenvalue weighted by atomic mass is 9.86. The molecule has 5 aromatic rings. The van der Waals surface area contributed by atoms with Gasteiger partial charge in [-0.2, -0.15) is 20.0 Å². The number of rotatable bonds is 6. The first-order valence-corrected chi connectivity index (χ1v) is 15.1. The Labute approximate surface area is 262 Å². The lowest BCUT2D eigenvalue weighted by Crippen LogP contribution is -2.51. The predicted octanol–water partition coefficient (Wildman–Crippen LogP) is 2.62. The molecule has 7 rings (SSSR count). The van der Waals surface area contributed by atoms with Crippen molar-refractivity contribution in [1.82, 2.24) is 39.2 Å². The number of hydrogen-bond acceptors (Lipinski definition) is 10. The molecule has 0 atom stereocenters. The van der Waals surface area contributed by atoms with Gasteiger partial charge in [0.15, 0.2) is 11.6 Å². The van der Waals surface area contributed by atoms with E-state index in [0.29, 0.717) is 28.5 Å². The Bertz CT molecular complexity index is 2110. The van der Waals surface area contributed by atoms with Crippen LogP contribution in [0.4, 0.5) is 15.9 Å². The first-order chi connectivity index (χ1) is 22.0. The maximum atomic E-state index is 15.3. The Kier molecular flexibility index (Phi) is 7.30. The maximum Gasteiger partial charge on any atom is 0.290 e. The summed E-state index contributed by atoms with van der Waals surface area (Å²) in [5.74, 6) is -0.108. The van der Waals surface area contributed by atoms with Crippen LogP contribution in [0.2, 0.25) is 0 Å². The molecule has 1 fully saturated rings. The summed E-state index contributed by atoms with van der Waals surface area (Å²) in [6.07, 6.45) is 2.87. The van der Waals surface area contributed by atoms with Crippen LogP contribution in [-0.2, 0) is 36.9 Å². The van der Waals surface area contributed by atoms with E-state index in [9.17, 15) is 14.7 Å². The zero-order valence-corrected chi connectivity index (χ0v) is 26.0. The number of nitrogens with zero attached hydrogens (tertiary/aromatic N) is 8. The van der Waals surface area contributed by atoms with E-state index in [4.69, 9.17) is 4.74 Å². The smallest absolute Gasteiger partial charge is 0.290 e. The molecule has 6 heterocycles. The van der Waals surface area contributed by atoms with Gasteiger partial charge in [-0.05, 0) is 35.2 Å². The summed E-state index contributed by atoms with van der Waals surface area (Å²) < 4.78 is 24.8. The van der Waals surface area contributed by atoms with Gasteiger partial charge in [-0.25, -0.2) is 14.1 Å². The van der Waals surface area contributed by atoms with Crippen molar-refractivity contribution in [3.05, 3.63) is 86.1 Å². The van der Waals surface area contributed by atoms with Crippen LogP contribution in [0.15, 0.2) is 52.3 Å². The number of anilines is 2. The van der Waals surface area contributed by atoms with E-state index in [0.717, 1.165) is 48.8 Å². The molecule has 0 unspecified atom stereocenters. The molecule has 14 heteroatoms. The summed E-state index contributed by atoms with van der Waals surface area (Å²) in [6.45, 7) is 9.18. The number of aliphatic hydroxyl groups excluding tert-OH is 1. The number of hydrogen-bond donors (Lipinski definition) is 2. The van der Waals surface area contributed by atoms with Gasteiger partial charge in [-0.1, -0.05) is 20.8 Å². The molecule has 238 valence electrons. The first kappa shape index (κ1) is 29.9. The zero-order valence-electron chi connectivity index (χ0n) is 26.0. The number of benzene rings is 1. The van der Waals surface area contributed by atoms with Gasteiger partial charge >= 0.3 is 0 Å². The highest BCUT2D eigenvalue weighted by Gasteiger charge is 2.30. The van der Waals surface area contributed by atoms with E-state index in [1.165, 1.54) is 30.2 Å². The molecule has 1 saturated heterocycles. The fraction of sp³-hybridized carbons (Fsp3) is 0.375. The van der Waals surface area contributed by atoms with E-state index in [2.05, 4.69) is 30.5 Å². The van der Waals surface area contributed by atoms with Crippen molar-refractivity contribution in [2.24, 2.45) is 7.05 Å². The van der Waals surface area contributed by atoms with Crippen LogP contribution in [0.3, 0.4) is 0 Å². The van der Waals surface area contributed by atoms with E-state index >= 15 is 4.39 Å². The Morgan fingerprint density at radius 1 is 1.09 bits per heavy atom. The van der Waals surface area contributed by atoms with E-state index in [1.807, 2.05) is 31.5 Å². The van der Waals surface area contributed by atoms with Gasteiger partial charge in [0.2, 0.25) is 0 Å². The van der Waals surface area contributed by atoms with Crippen LogP contribution in [0.1, 0.15) is 37.6 Å². The fourth-order valence-corrected chi connectivity index (χ4v) is 5.94. The summed E-state index contributed by atoms with van der Waals surface area (Å²) in [6, 6.07) is 8.66. The zero-order chi connectivity index (χ0) is 32.3. The molecule has 2 aliphatic rings. The average molecular weight is 628 g/mol. The van der Waals surface area contributed by atoms with Crippen molar-refractivity contribution in [2.45, 2.75) is 51.9 Å². The normalized spacial score (nSPS) is 15.6. The topological polar surface area (TPSA) is 145 Å². The number of halogens is 1. The second-order valence-electron chi connectivity index (χ2n) is 12.8. The number of pyridine rings is 1. The molecular formula is C32H34FN9O4. The van der Waals surface area contributed by atoms with Crippen molar-refractivity contribution < 1.29 is 14.2 Å². The van der Waals surface area contributed by atoms with Crippen LogP contribution in [-0.4, -0.2) is 70.1 Å². The molecule has 4 aromatic heterocycles. The van der Waals surface area contributed by atoms with Gasteiger partial charge in [-0.3, -0.25) is 19.2 Å². The van der Waals surface area contributed by atoms with Crippen LogP contribution < -0.4 is 16.4 Å². The summed E-state index contributed by atoms with van der Waals surface area (Å²) >= 11 is 0. The third kappa shape index (κ3) is 5.17. The van der Waals surface area contributed by atoms with Crippen LogP contribution in [0.5, 0.6) is 0 Å². The molecule has 0 saturated carbocycles. The number of nitrogens with one attached hydrogen (secondary N) is 1. The van der Waals surface area contributed by atoms with Gasteiger partial charge in [0.05, 0.1) is 55.4 Å². The molecule has 46 heavy (non-hydrogen) atoms. The fourth-order valence-electron chi connectivity index (χ4n) is 5.94. The molecule has 0 bridgehead atoms. The third-order valence-corrected chi connectivity index (χ3v) is 8.66. The molecule has 0 aliphatic carbocycles. The standard InChI is InChI=1S/C32H34FN9O4/c1-32(2,3)19-9-18-13-35-42(31(45)28(18)24(33)10-19)29-23(15-43)22(5-6-34-29)25-12-26(30(44)39(4)37-25)36-27-11-20-14-40(21-16-46-17-21)7-8-41(20)38-27/h5-6,9-13,21,43H,7-8,14-17H2,1-4H3,(H,36,38). The van der Waals surface area contributed by atoms with Crippen LogP contribution in [0, 0.1) is 5.82 Å². The van der Waals surface area contributed by atoms with Gasteiger partial charge in [0, 0.05) is 48.9 Å². The molecule has 2 aliphatic heterocycles. The summed E-state index contributed by atoms with van der Waals surface area (Å²) in [7, 11) is 1.53.